The molecule has 0 spiro atoms. The van der Waals surface area contributed by atoms with Gasteiger partial charge in [-0.2, -0.15) is 0 Å². The fourth-order valence-corrected chi connectivity index (χ4v) is 3.52. The molecule has 0 aromatic carbocycles. The minimum Gasteiger partial charge on any atom is -0.328 e. The minimum atomic E-state index is 0. The third kappa shape index (κ3) is 4.69. The number of halogens is 1. The third-order valence-corrected chi connectivity index (χ3v) is 5.18. The van der Waals surface area contributed by atoms with Crippen molar-refractivity contribution in [2.45, 2.75) is 58.5 Å². The molecule has 1 aromatic rings. The monoisotopic (exact) mass is 317 g/mol. The van der Waals surface area contributed by atoms with E-state index in [9.17, 15) is 0 Å². The first-order valence-corrected chi connectivity index (χ1v) is 8.17. The highest BCUT2D eigenvalue weighted by molar-refractivity contribution is 7.09. The molecular weight excluding hydrogens is 290 g/mol. The van der Waals surface area contributed by atoms with Crippen LogP contribution < -0.4 is 5.73 Å². The van der Waals surface area contributed by atoms with Gasteiger partial charge < -0.3 is 5.73 Å². The highest BCUT2D eigenvalue weighted by Gasteiger charge is 2.24. The summed E-state index contributed by atoms with van der Waals surface area (Å²) in [6.07, 6.45) is 2.54. The van der Waals surface area contributed by atoms with E-state index in [2.05, 4.69) is 38.0 Å². The molecule has 2 rings (SSSR count). The smallest absolute Gasteiger partial charge is 0.0982 e. The van der Waals surface area contributed by atoms with Gasteiger partial charge >= 0.3 is 0 Å². The number of hydrogen-bond donors (Lipinski definition) is 1. The van der Waals surface area contributed by atoms with Crippen molar-refractivity contribution < 1.29 is 0 Å². The fraction of sp³-hybridized carbons (Fsp3) is 0.800. The number of nitrogens with zero attached hydrogens (tertiary/aromatic N) is 2. The molecule has 116 valence electrons. The lowest BCUT2D eigenvalue weighted by atomic mass is 9.92. The second-order valence-corrected chi connectivity index (χ2v) is 7.75. The highest BCUT2D eigenvalue weighted by Crippen LogP contribution is 2.27. The van der Waals surface area contributed by atoms with Gasteiger partial charge in [-0.15, -0.1) is 23.7 Å². The first-order valence-electron chi connectivity index (χ1n) is 7.29. The Hall–Kier alpha value is -0.160. The van der Waals surface area contributed by atoms with Crippen molar-refractivity contribution in [2.75, 3.05) is 13.1 Å². The molecule has 0 saturated carbocycles. The van der Waals surface area contributed by atoms with Gasteiger partial charge in [0.05, 0.1) is 10.7 Å². The van der Waals surface area contributed by atoms with Gasteiger partial charge in [0.2, 0.25) is 0 Å². The average molecular weight is 318 g/mol. The fourth-order valence-electron chi connectivity index (χ4n) is 2.62. The van der Waals surface area contributed by atoms with Crippen LogP contribution in [0.2, 0.25) is 0 Å². The SMILES string of the molecule is CC(N)C1CCCN(Cc2csc(C(C)(C)C)n2)C1.Cl. The Balaban J connectivity index is 0.00000200. The van der Waals surface area contributed by atoms with Gasteiger partial charge in [-0.1, -0.05) is 20.8 Å². The van der Waals surface area contributed by atoms with Gasteiger partial charge in [0.15, 0.2) is 0 Å². The van der Waals surface area contributed by atoms with E-state index in [0.29, 0.717) is 12.0 Å². The van der Waals surface area contributed by atoms with Crippen LogP contribution in [0.25, 0.3) is 0 Å². The lowest BCUT2D eigenvalue weighted by molar-refractivity contribution is 0.153. The van der Waals surface area contributed by atoms with Gasteiger partial charge in [0.25, 0.3) is 0 Å². The molecule has 0 aliphatic carbocycles. The summed E-state index contributed by atoms with van der Waals surface area (Å²) in [4.78, 5) is 7.30. The molecule has 0 amide bonds. The summed E-state index contributed by atoms with van der Waals surface area (Å²) in [5.41, 5.74) is 7.43. The summed E-state index contributed by atoms with van der Waals surface area (Å²) in [5.74, 6) is 0.648. The van der Waals surface area contributed by atoms with E-state index in [0.717, 1.165) is 13.1 Å². The van der Waals surface area contributed by atoms with E-state index in [1.807, 2.05) is 0 Å². The molecule has 1 aliphatic heterocycles. The number of rotatable bonds is 3. The minimum absolute atomic E-state index is 0. The number of nitrogens with two attached hydrogens (primary N) is 1. The topological polar surface area (TPSA) is 42.1 Å². The van der Waals surface area contributed by atoms with Crippen molar-refractivity contribution in [1.82, 2.24) is 9.88 Å². The van der Waals surface area contributed by atoms with Crippen LogP contribution in [0.15, 0.2) is 5.38 Å². The standard InChI is InChI=1S/C15H27N3S.ClH/c1-11(16)12-6-5-7-18(8-12)9-13-10-19-14(17-13)15(2,3)4;/h10-12H,5-9,16H2,1-4H3;1H. The van der Waals surface area contributed by atoms with Crippen LogP contribution in [0, 0.1) is 5.92 Å². The molecule has 0 radical (unpaired) electrons. The Morgan fingerprint density at radius 2 is 2.20 bits per heavy atom. The molecular formula is C15H28ClN3S. The van der Waals surface area contributed by atoms with Crippen molar-refractivity contribution in [3.05, 3.63) is 16.1 Å². The molecule has 2 unspecified atom stereocenters. The van der Waals surface area contributed by atoms with Crippen LogP contribution in [-0.2, 0) is 12.0 Å². The second-order valence-electron chi connectivity index (χ2n) is 6.89. The summed E-state index contributed by atoms with van der Waals surface area (Å²) in [7, 11) is 0. The summed E-state index contributed by atoms with van der Waals surface area (Å²) in [6, 6.07) is 0.309. The molecule has 1 saturated heterocycles. The molecule has 1 aromatic heterocycles. The molecule has 2 N–H and O–H groups in total. The van der Waals surface area contributed by atoms with Gasteiger partial charge in [-0.3, -0.25) is 4.90 Å². The number of piperidine rings is 1. The van der Waals surface area contributed by atoms with Crippen molar-refractivity contribution in [1.29, 1.82) is 0 Å². The lowest BCUT2D eigenvalue weighted by Gasteiger charge is -2.34. The normalized spacial score (nSPS) is 22.4. The Morgan fingerprint density at radius 1 is 1.50 bits per heavy atom. The Kier molecular flexibility index (Phi) is 6.45. The quantitative estimate of drug-likeness (QED) is 0.928. The molecule has 1 fully saturated rings. The number of likely N-dealkylation sites (tertiary alicyclic amines) is 1. The van der Waals surface area contributed by atoms with E-state index in [1.54, 1.807) is 11.3 Å². The van der Waals surface area contributed by atoms with E-state index in [1.165, 1.54) is 30.1 Å². The van der Waals surface area contributed by atoms with Crippen LogP contribution in [0.5, 0.6) is 0 Å². The summed E-state index contributed by atoms with van der Waals surface area (Å²) in [6.45, 7) is 12.1. The number of thiazole rings is 1. The number of hydrogen-bond acceptors (Lipinski definition) is 4. The zero-order valence-corrected chi connectivity index (χ0v) is 14.7. The predicted octanol–water partition coefficient (Wildman–Crippen LogP) is 3.42. The predicted molar refractivity (Wildman–Crippen MR) is 89.7 cm³/mol. The maximum absolute atomic E-state index is 6.04. The van der Waals surface area contributed by atoms with Gasteiger partial charge in [-0.05, 0) is 32.2 Å². The van der Waals surface area contributed by atoms with Gasteiger partial charge in [0, 0.05) is 29.9 Å². The summed E-state index contributed by atoms with van der Waals surface area (Å²) in [5, 5.41) is 3.46. The zero-order valence-electron chi connectivity index (χ0n) is 13.1. The molecule has 3 nitrogen and oxygen atoms in total. The molecule has 2 heterocycles. The van der Waals surface area contributed by atoms with Gasteiger partial charge in [0.1, 0.15) is 0 Å². The summed E-state index contributed by atoms with van der Waals surface area (Å²) >= 11 is 1.79. The average Bonchev–Trinajstić information content (AvgIpc) is 2.77. The maximum atomic E-state index is 6.04. The Bertz CT molecular complexity index is 411. The zero-order chi connectivity index (χ0) is 14.0. The third-order valence-electron chi connectivity index (χ3n) is 3.86. The van der Waals surface area contributed by atoms with Crippen LogP contribution in [0.3, 0.4) is 0 Å². The van der Waals surface area contributed by atoms with E-state index >= 15 is 0 Å². The van der Waals surface area contributed by atoms with Crippen LogP contribution >= 0.6 is 23.7 Å². The van der Waals surface area contributed by atoms with Gasteiger partial charge in [-0.25, -0.2) is 4.98 Å². The molecule has 20 heavy (non-hydrogen) atoms. The highest BCUT2D eigenvalue weighted by atomic mass is 35.5. The largest absolute Gasteiger partial charge is 0.328 e. The van der Waals surface area contributed by atoms with Crippen LogP contribution in [0.1, 0.15) is 51.2 Å². The van der Waals surface area contributed by atoms with E-state index in [4.69, 9.17) is 10.7 Å². The van der Waals surface area contributed by atoms with Crippen molar-refractivity contribution in [3.8, 4) is 0 Å². The van der Waals surface area contributed by atoms with Crippen molar-refractivity contribution in [3.63, 3.8) is 0 Å². The Labute approximate surface area is 133 Å². The Morgan fingerprint density at radius 3 is 2.75 bits per heavy atom. The van der Waals surface area contributed by atoms with Crippen LogP contribution in [-0.4, -0.2) is 29.0 Å². The molecule has 2 atom stereocenters. The maximum Gasteiger partial charge on any atom is 0.0982 e. The molecule has 5 heteroatoms. The lowest BCUT2D eigenvalue weighted by Crippen LogP contribution is -2.41. The van der Waals surface area contributed by atoms with E-state index < -0.39 is 0 Å². The van der Waals surface area contributed by atoms with Crippen molar-refractivity contribution >= 4 is 23.7 Å². The molecule has 1 aliphatic rings. The van der Waals surface area contributed by atoms with Crippen molar-refractivity contribution in [2.24, 2.45) is 11.7 Å². The number of aromatic nitrogens is 1. The first-order chi connectivity index (χ1) is 8.86. The van der Waals surface area contributed by atoms with E-state index in [-0.39, 0.29) is 17.8 Å². The second kappa shape index (κ2) is 7.21. The van der Waals surface area contributed by atoms with Crippen LogP contribution in [0.4, 0.5) is 0 Å². The summed E-state index contributed by atoms with van der Waals surface area (Å²) < 4.78 is 0. The molecule has 0 bridgehead atoms. The first kappa shape index (κ1) is 17.9.